The molecule has 0 atom stereocenters. The molecule has 5 aromatic rings. The Bertz CT molecular complexity index is 2750. The summed E-state index contributed by atoms with van der Waals surface area (Å²) in [6.45, 7) is 1.52. The van der Waals surface area contributed by atoms with Crippen LogP contribution in [0.15, 0.2) is 10.9 Å². The molecular formula is C35H6B21. The van der Waals surface area contributed by atoms with E-state index < -0.39 is 0 Å². The molecule has 56 heavy (non-hydrogen) atoms. The average Bonchev–Trinajstić information content (AvgIpc) is 3.17. The third-order valence-corrected chi connectivity index (χ3v) is 10.1. The van der Waals surface area contributed by atoms with Crippen molar-refractivity contribution in [2.45, 2.75) is 13.2 Å². The second-order valence-electron chi connectivity index (χ2n) is 13.1. The molecule has 0 fully saturated rings. The summed E-state index contributed by atoms with van der Waals surface area (Å²) in [6, 6.07) is 0. The molecule has 5 rings (SSSR count). The summed E-state index contributed by atoms with van der Waals surface area (Å²) in [7, 11) is 138. The van der Waals surface area contributed by atoms with Gasteiger partial charge >= 0.3 is 360 Å². The van der Waals surface area contributed by atoms with Crippen LogP contribution in [0.5, 0.6) is 0 Å². The fourth-order valence-electron chi connectivity index (χ4n) is 7.07. The van der Waals surface area contributed by atoms with E-state index >= 15 is 0 Å². The first-order valence-electron chi connectivity index (χ1n) is 16.3. The van der Waals surface area contributed by atoms with Crippen LogP contribution in [0.25, 0.3) is 43.6 Å². The molecule has 0 saturated heterocycles. The summed E-state index contributed by atoms with van der Waals surface area (Å²) >= 11 is 0. The maximum absolute atomic E-state index is 7.17. The van der Waals surface area contributed by atoms with Gasteiger partial charge in [-0.1, -0.05) is 0 Å². The number of fused-ring (bicyclic) bond motifs is 2. The zero-order valence-electron chi connectivity index (χ0n) is 30.4. The summed E-state index contributed by atoms with van der Waals surface area (Å²) in [5.74, 6) is 2.33. The number of benzene rings is 5. The third kappa shape index (κ3) is 6.38. The van der Waals surface area contributed by atoms with Gasteiger partial charge in [-0.3, -0.25) is 0 Å². The minimum absolute atomic E-state index is 0.00538. The molecule has 0 unspecified atom stereocenters. The van der Waals surface area contributed by atoms with Gasteiger partial charge in [-0.05, 0) is 0 Å². The fraction of sp³-hybridized carbons (Fsp3) is 0.0571. The van der Waals surface area contributed by atoms with E-state index in [9.17, 15) is 0 Å². The molecular weight excluding hydrogens is 647 g/mol. The van der Waals surface area contributed by atoms with Crippen LogP contribution in [0.4, 0.5) is 0 Å². The molecule has 41 radical (unpaired) electrons. The van der Waals surface area contributed by atoms with Crippen molar-refractivity contribution in [1.82, 2.24) is 0 Å². The van der Waals surface area contributed by atoms with Crippen LogP contribution < -0.4 is 81.9 Å². The van der Waals surface area contributed by atoms with Crippen molar-refractivity contribution < 1.29 is 0 Å². The Hall–Kier alpha value is -3.11. The normalized spacial score (nSPS) is 12.3. The molecule has 0 aliphatic heterocycles. The second kappa shape index (κ2) is 15.9. The van der Waals surface area contributed by atoms with Crippen molar-refractivity contribution in [3.05, 3.63) is 38.8 Å². The predicted octanol–water partition coefficient (Wildman–Crippen LogP) is -12.4. The summed E-state index contributed by atoms with van der Waals surface area (Å²) in [5.41, 5.74) is -2.00. The van der Waals surface area contributed by atoms with Gasteiger partial charge in [0.15, 0.2) is 0 Å². The molecule has 0 saturated carbocycles. The molecule has 0 amide bonds. The molecule has 0 aromatic heterocycles. The van der Waals surface area contributed by atoms with Crippen molar-refractivity contribution in [1.29, 1.82) is 0 Å². The molecule has 209 valence electrons. The fourth-order valence-corrected chi connectivity index (χ4v) is 7.07. The van der Waals surface area contributed by atoms with Gasteiger partial charge in [-0.25, -0.2) is 0 Å². The zero-order chi connectivity index (χ0) is 42.3. The number of terminal acetylenes is 1. The van der Waals surface area contributed by atoms with E-state index in [1.165, 1.54) is 6.92 Å². The number of hydrogen-bond acceptors (Lipinski definition) is 0. The van der Waals surface area contributed by atoms with Gasteiger partial charge in [0.05, 0.1) is 0 Å². The number of allylic oxidation sites excluding steroid dienone is 2. The van der Waals surface area contributed by atoms with Crippen molar-refractivity contribution in [2.75, 3.05) is 0 Å². The summed E-state index contributed by atoms with van der Waals surface area (Å²) < 4.78 is 0. The quantitative estimate of drug-likeness (QED) is 0.126. The Balaban J connectivity index is 2.26. The third-order valence-electron chi connectivity index (χ3n) is 10.1. The van der Waals surface area contributed by atoms with E-state index in [4.69, 9.17) is 171 Å². The number of hydrogen-bond donors (Lipinski definition) is 0. The summed E-state index contributed by atoms with van der Waals surface area (Å²) in [5, 5.41) is 0.282. The molecule has 5 aromatic carbocycles. The van der Waals surface area contributed by atoms with Crippen LogP contribution in [0, 0.1) is 12.3 Å². The van der Waals surface area contributed by atoms with Gasteiger partial charge in [0, 0.05) is 0 Å². The Labute approximate surface area is 357 Å². The molecule has 0 aliphatic carbocycles. The van der Waals surface area contributed by atoms with Crippen LogP contribution >= 0.6 is 0 Å². The monoisotopic (exact) mass is 657 g/mol. The first kappa shape index (κ1) is 44.0. The van der Waals surface area contributed by atoms with Gasteiger partial charge < -0.3 is 0 Å². The van der Waals surface area contributed by atoms with E-state index in [2.05, 4.69) is 5.92 Å². The summed E-state index contributed by atoms with van der Waals surface area (Å²) in [4.78, 5) is 0. The molecule has 0 N–H and O–H groups in total. The van der Waals surface area contributed by atoms with Gasteiger partial charge in [0.25, 0.3) is 0 Å². The topological polar surface area (TPSA) is 0 Å². The van der Waals surface area contributed by atoms with E-state index in [0.29, 0.717) is 0 Å². The Morgan fingerprint density at radius 1 is 0.429 bits per heavy atom. The van der Waals surface area contributed by atoms with E-state index in [1.54, 1.807) is 0 Å². The van der Waals surface area contributed by atoms with E-state index in [-0.39, 0.29) is 176 Å². The van der Waals surface area contributed by atoms with Crippen molar-refractivity contribution >= 4 is 284 Å². The van der Waals surface area contributed by atoms with Crippen molar-refractivity contribution in [2.24, 2.45) is 0 Å². The van der Waals surface area contributed by atoms with Crippen LogP contribution in [0.2, 0.25) is 0 Å². The van der Waals surface area contributed by atoms with Gasteiger partial charge in [-0.2, -0.15) is 0 Å². The van der Waals surface area contributed by atoms with Crippen molar-refractivity contribution in [3.63, 3.8) is 0 Å². The predicted molar refractivity (Wildman–Crippen MR) is 264 cm³/mol. The van der Waals surface area contributed by atoms with Gasteiger partial charge in [0.1, 0.15) is 0 Å². The van der Waals surface area contributed by atoms with Gasteiger partial charge in [-0.15, -0.1) is 0 Å². The zero-order valence-corrected chi connectivity index (χ0v) is 30.4. The van der Waals surface area contributed by atoms with Gasteiger partial charge in [0.2, 0.25) is 0 Å². The summed E-state index contributed by atoms with van der Waals surface area (Å²) in [6.07, 6.45) is 5.42. The molecule has 0 bridgehead atoms. The Kier molecular flexibility index (Phi) is 12.5. The molecule has 0 spiro atoms. The standard InChI is InChI=1S/C35H6B21/c1-3-7(38)19(40)8-6(4-36)9(20(41)15-14(18(39)5(2)37)26(47)32(53)33(54)27(15)48)11-12(23(44)31(52)30(51)22(11)43)10(8)13-21(42)16-17(25(46)24(13)45)29(50)35(56)34(55)28(16)49/h1H,4H2,2H3/b18-5-,19-7-. The number of rotatable bonds is 6. The second-order valence-corrected chi connectivity index (χ2v) is 13.1. The Morgan fingerprint density at radius 2 is 0.821 bits per heavy atom. The van der Waals surface area contributed by atoms with E-state index in [0.717, 1.165) is 0 Å². The minimum atomic E-state index is -0.381. The van der Waals surface area contributed by atoms with Crippen LogP contribution in [0.3, 0.4) is 0 Å². The molecule has 0 heterocycles. The molecule has 0 aliphatic rings. The first-order chi connectivity index (χ1) is 26.0. The van der Waals surface area contributed by atoms with E-state index in [1.807, 2.05) is 0 Å². The maximum atomic E-state index is 7.17. The molecule has 0 nitrogen and oxygen atoms in total. The molecule has 21 heteroatoms. The van der Waals surface area contributed by atoms with Crippen LogP contribution in [0.1, 0.15) is 34.7 Å². The SMILES string of the molecule is [B]Cc1c(/C([B])=C(/[B])C#C)c(-c2c([B])c([B])c3c([B])c([B])c([B])c([B])c3c2[B])c2c([B])c([B])c([B])c([B])c2c1C(=[B])c1c([B])c([B])c([B])c([B])c1/C([B])=C(/[B])C. The van der Waals surface area contributed by atoms with Crippen LogP contribution in [-0.4, -0.2) is 170 Å². The van der Waals surface area contributed by atoms with Crippen molar-refractivity contribution in [3.8, 4) is 23.5 Å². The average molecular weight is 653 g/mol. The Morgan fingerprint density at radius 3 is 1.27 bits per heavy atom. The first-order valence-corrected chi connectivity index (χ1v) is 16.3. The van der Waals surface area contributed by atoms with Crippen LogP contribution in [-0.2, 0) is 6.32 Å².